The first-order chi connectivity index (χ1) is 14.4. The summed E-state index contributed by atoms with van der Waals surface area (Å²) in [6.45, 7) is 3.30. The number of nitrogens with zero attached hydrogens (tertiary/aromatic N) is 3. The normalized spacial score (nSPS) is 15.8. The second kappa shape index (κ2) is 8.46. The van der Waals surface area contributed by atoms with Gasteiger partial charge >= 0.3 is 6.18 Å². The molecule has 0 atom stereocenters. The Labute approximate surface area is 177 Å². The van der Waals surface area contributed by atoms with Crippen LogP contribution in [-0.4, -0.2) is 54.3 Å². The maximum Gasteiger partial charge on any atom is 0.417 e. The zero-order valence-corrected chi connectivity index (χ0v) is 17.8. The van der Waals surface area contributed by atoms with Gasteiger partial charge in [0.2, 0.25) is 15.9 Å². The molecule has 1 saturated heterocycles. The molecule has 1 aliphatic rings. The van der Waals surface area contributed by atoms with Crippen LogP contribution in [0, 0.1) is 13.8 Å². The second-order valence-electron chi connectivity index (χ2n) is 7.44. The zero-order chi connectivity index (χ0) is 23.0. The van der Waals surface area contributed by atoms with Crippen molar-refractivity contribution in [2.75, 3.05) is 26.2 Å². The standard InChI is InChI=1S/C20H22F3N3O4S/c1-14-3-5-17(15(2)11-14)31(29,30)26-9-7-24(8-10-26)19(28)13-25-12-16(20(21,22)23)4-6-18(25)27/h3-6,11-12H,7-10,13H2,1-2H3. The fourth-order valence-corrected chi connectivity index (χ4v) is 5.10. The van der Waals surface area contributed by atoms with Crippen LogP contribution in [0.1, 0.15) is 16.7 Å². The van der Waals surface area contributed by atoms with Gasteiger partial charge in [0.15, 0.2) is 0 Å². The molecule has 0 spiro atoms. The van der Waals surface area contributed by atoms with Gasteiger partial charge in [-0.3, -0.25) is 9.59 Å². The molecule has 0 unspecified atom stereocenters. The van der Waals surface area contributed by atoms with Crippen molar-refractivity contribution in [3.05, 3.63) is 63.6 Å². The number of hydrogen-bond donors (Lipinski definition) is 0. The van der Waals surface area contributed by atoms with Gasteiger partial charge in [0.05, 0.1) is 10.5 Å². The third kappa shape index (κ3) is 4.99. The molecule has 11 heteroatoms. The minimum Gasteiger partial charge on any atom is -0.339 e. The first-order valence-electron chi connectivity index (χ1n) is 9.52. The molecule has 1 aromatic carbocycles. The number of benzene rings is 1. The number of hydrogen-bond acceptors (Lipinski definition) is 4. The monoisotopic (exact) mass is 457 g/mol. The van der Waals surface area contributed by atoms with Gasteiger partial charge in [0.1, 0.15) is 6.54 Å². The maximum absolute atomic E-state index is 12.9. The number of carbonyl (C=O) groups is 1. The molecule has 1 aromatic heterocycles. The van der Waals surface area contributed by atoms with Crippen LogP contribution in [0.3, 0.4) is 0 Å². The van der Waals surface area contributed by atoms with Crippen molar-refractivity contribution < 1.29 is 26.4 Å². The molecule has 168 valence electrons. The number of aryl methyl sites for hydroxylation is 2. The summed E-state index contributed by atoms with van der Waals surface area (Å²) < 4.78 is 66.5. The molecule has 1 aliphatic heterocycles. The van der Waals surface area contributed by atoms with Crippen LogP contribution < -0.4 is 5.56 Å². The van der Waals surface area contributed by atoms with E-state index in [9.17, 15) is 31.2 Å². The lowest BCUT2D eigenvalue weighted by Crippen LogP contribution is -2.51. The van der Waals surface area contributed by atoms with E-state index in [1.54, 1.807) is 25.1 Å². The van der Waals surface area contributed by atoms with Gasteiger partial charge < -0.3 is 9.47 Å². The molecule has 0 radical (unpaired) electrons. The van der Waals surface area contributed by atoms with Gasteiger partial charge in [0, 0.05) is 38.4 Å². The summed E-state index contributed by atoms with van der Waals surface area (Å²) in [6, 6.07) is 6.48. The molecule has 1 amide bonds. The molecular weight excluding hydrogens is 435 g/mol. The number of halogens is 3. The van der Waals surface area contributed by atoms with Gasteiger partial charge in [-0.05, 0) is 31.5 Å². The summed E-state index contributed by atoms with van der Waals surface area (Å²) in [5, 5.41) is 0. The van der Waals surface area contributed by atoms with E-state index < -0.39 is 39.8 Å². The third-order valence-corrected chi connectivity index (χ3v) is 7.21. The van der Waals surface area contributed by atoms with E-state index in [0.29, 0.717) is 22.4 Å². The number of pyridine rings is 1. The Morgan fingerprint density at radius 2 is 1.68 bits per heavy atom. The number of sulfonamides is 1. The van der Waals surface area contributed by atoms with Crippen molar-refractivity contribution in [2.24, 2.45) is 0 Å². The summed E-state index contributed by atoms with van der Waals surface area (Å²) in [7, 11) is -3.73. The molecular formula is C20H22F3N3O4S. The van der Waals surface area contributed by atoms with Crippen molar-refractivity contribution in [3.63, 3.8) is 0 Å². The predicted molar refractivity (Wildman–Crippen MR) is 107 cm³/mol. The highest BCUT2D eigenvalue weighted by atomic mass is 32.2. The Hall–Kier alpha value is -2.66. The van der Waals surface area contributed by atoms with Crippen LogP contribution in [0.5, 0.6) is 0 Å². The number of rotatable bonds is 4. The SMILES string of the molecule is Cc1ccc(S(=O)(=O)N2CCN(C(=O)Cn3cc(C(F)(F)F)ccc3=O)CC2)c(C)c1. The van der Waals surface area contributed by atoms with E-state index in [2.05, 4.69) is 0 Å². The number of piperazine rings is 1. The number of amides is 1. The summed E-state index contributed by atoms with van der Waals surface area (Å²) in [4.78, 5) is 25.9. The fraction of sp³-hybridized carbons (Fsp3) is 0.400. The molecule has 0 N–H and O–H groups in total. The van der Waals surface area contributed by atoms with Gasteiger partial charge in [-0.1, -0.05) is 17.7 Å². The van der Waals surface area contributed by atoms with Crippen LogP contribution in [0.2, 0.25) is 0 Å². The first kappa shape index (κ1) is 23.0. The molecule has 0 bridgehead atoms. The van der Waals surface area contributed by atoms with E-state index in [0.717, 1.165) is 11.6 Å². The Bertz CT molecular complexity index is 1150. The lowest BCUT2D eigenvalue weighted by molar-refractivity contribution is -0.139. The van der Waals surface area contributed by atoms with E-state index in [4.69, 9.17) is 0 Å². The van der Waals surface area contributed by atoms with Crippen molar-refractivity contribution in [1.29, 1.82) is 0 Å². The van der Waals surface area contributed by atoms with Crippen LogP contribution in [-0.2, 0) is 27.5 Å². The molecule has 0 aliphatic carbocycles. The number of carbonyl (C=O) groups excluding carboxylic acids is 1. The Kier molecular flexibility index (Phi) is 6.28. The zero-order valence-electron chi connectivity index (χ0n) is 17.0. The molecule has 3 rings (SSSR count). The van der Waals surface area contributed by atoms with Crippen molar-refractivity contribution in [3.8, 4) is 0 Å². The summed E-state index contributed by atoms with van der Waals surface area (Å²) >= 11 is 0. The lowest BCUT2D eigenvalue weighted by Gasteiger charge is -2.34. The largest absolute Gasteiger partial charge is 0.417 e. The summed E-state index contributed by atoms with van der Waals surface area (Å²) in [6.07, 6.45) is -4.02. The topological polar surface area (TPSA) is 79.7 Å². The number of alkyl halides is 3. The highest BCUT2D eigenvalue weighted by Gasteiger charge is 2.33. The Morgan fingerprint density at radius 1 is 1.03 bits per heavy atom. The molecule has 2 heterocycles. The van der Waals surface area contributed by atoms with Gasteiger partial charge in [-0.15, -0.1) is 0 Å². The molecule has 31 heavy (non-hydrogen) atoms. The average molecular weight is 457 g/mol. The van der Waals surface area contributed by atoms with Crippen LogP contribution in [0.25, 0.3) is 0 Å². The average Bonchev–Trinajstić information content (AvgIpc) is 2.68. The number of aromatic nitrogens is 1. The van der Waals surface area contributed by atoms with Gasteiger partial charge in [-0.25, -0.2) is 8.42 Å². The second-order valence-corrected chi connectivity index (χ2v) is 9.34. The summed E-state index contributed by atoms with van der Waals surface area (Å²) in [5.74, 6) is -0.551. The van der Waals surface area contributed by atoms with Crippen molar-refractivity contribution in [2.45, 2.75) is 31.5 Å². The highest BCUT2D eigenvalue weighted by molar-refractivity contribution is 7.89. The quantitative estimate of drug-likeness (QED) is 0.704. The molecule has 7 nitrogen and oxygen atoms in total. The van der Waals surface area contributed by atoms with Crippen molar-refractivity contribution >= 4 is 15.9 Å². The molecule has 1 fully saturated rings. The van der Waals surface area contributed by atoms with Gasteiger partial charge in [0.25, 0.3) is 5.56 Å². The lowest BCUT2D eigenvalue weighted by atomic mass is 10.2. The Balaban J connectivity index is 1.68. The van der Waals surface area contributed by atoms with E-state index in [-0.39, 0.29) is 31.1 Å². The summed E-state index contributed by atoms with van der Waals surface area (Å²) in [5.41, 5.74) is -0.180. The van der Waals surface area contributed by atoms with Gasteiger partial charge in [-0.2, -0.15) is 17.5 Å². The molecule has 2 aromatic rings. The van der Waals surface area contributed by atoms with Crippen LogP contribution in [0.4, 0.5) is 13.2 Å². The van der Waals surface area contributed by atoms with E-state index in [1.165, 1.54) is 9.21 Å². The minimum atomic E-state index is -4.63. The first-order valence-corrected chi connectivity index (χ1v) is 11.0. The predicted octanol–water partition coefficient (Wildman–Crippen LogP) is 2.02. The third-order valence-electron chi connectivity index (χ3n) is 5.16. The molecule has 0 saturated carbocycles. The van der Waals surface area contributed by atoms with Crippen LogP contribution >= 0.6 is 0 Å². The van der Waals surface area contributed by atoms with Crippen LogP contribution in [0.15, 0.2) is 46.2 Å². The Morgan fingerprint density at radius 3 is 2.26 bits per heavy atom. The highest BCUT2D eigenvalue weighted by Crippen LogP contribution is 2.28. The smallest absolute Gasteiger partial charge is 0.339 e. The van der Waals surface area contributed by atoms with E-state index >= 15 is 0 Å². The fourth-order valence-electron chi connectivity index (χ4n) is 3.47. The van der Waals surface area contributed by atoms with Crippen molar-refractivity contribution in [1.82, 2.24) is 13.8 Å². The van der Waals surface area contributed by atoms with E-state index in [1.807, 2.05) is 6.92 Å². The minimum absolute atomic E-state index is 0.0544. The maximum atomic E-state index is 12.9.